The maximum atomic E-state index is 6.25. The summed E-state index contributed by atoms with van der Waals surface area (Å²) in [5.74, 6) is 0. The van der Waals surface area contributed by atoms with Gasteiger partial charge in [-0.05, 0) is 86.2 Å². The van der Waals surface area contributed by atoms with Gasteiger partial charge in [0, 0.05) is 56.4 Å². The Morgan fingerprint density at radius 1 is 0.810 bits per heavy atom. The lowest BCUT2D eigenvalue weighted by Crippen LogP contribution is -2.26. The van der Waals surface area contributed by atoms with E-state index in [1.807, 2.05) is 23.9 Å². The van der Waals surface area contributed by atoms with Gasteiger partial charge in [0.1, 0.15) is 7.05 Å². The van der Waals surface area contributed by atoms with Gasteiger partial charge in [-0.3, -0.25) is 0 Å². The smallest absolute Gasteiger partial charge is 0.209 e. The highest BCUT2D eigenvalue weighted by atomic mass is 35.5. The summed E-state index contributed by atoms with van der Waals surface area (Å²) in [4.78, 5) is 4.94. The van der Waals surface area contributed by atoms with Crippen molar-refractivity contribution in [2.75, 3.05) is 19.0 Å². The minimum atomic E-state index is -0.0444. The van der Waals surface area contributed by atoms with Crippen LogP contribution < -0.4 is 4.90 Å². The first-order valence-electron chi connectivity index (χ1n) is 14.9. The van der Waals surface area contributed by atoms with E-state index in [2.05, 4.69) is 136 Å². The minimum absolute atomic E-state index is 0.0444. The Morgan fingerprint density at radius 3 is 2.21 bits per heavy atom. The summed E-state index contributed by atoms with van der Waals surface area (Å²) in [5, 5.41) is 0.770. The topological polar surface area (TPSA) is 6.25 Å². The Bertz CT molecular complexity index is 1700. The van der Waals surface area contributed by atoms with Crippen LogP contribution in [0.3, 0.4) is 0 Å². The molecule has 3 aromatic carbocycles. The van der Waals surface area contributed by atoms with Gasteiger partial charge in [0.15, 0.2) is 5.71 Å². The van der Waals surface area contributed by atoms with Gasteiger partial charge < -0.3 is 4.90 Å². The molecule has 0 radical (unpaired) electrons. The van der Waals surface area contributed by atoms with Crippen molar-refractivity contribution >= 4 is 40.4 Å². The third kappa shape index (κ3) is 5.01. The summed E-state index contributed by atoms with van der Waals surface area (Å²) in [6.45, 7) is 9.35. The van der Waals surface area contributed by atoms with Crippen LogP contribution in [0, 0.1) is 0 Å². The molecule has 3 aromatic rings. The lowest BCUT2D eigenvalue weighted by molar-refractivity contribution is -0.401. The van der Waals surface area contributed by atoms with E-state index in [4.69, 9.17) is 11.6 Å². The lowest BCUT2D eigenvalue weighted by Gasteiger charge is -2.25. The van der Waals surface area contributed by atoms with Crippen LogP contribution in [0.2, 0.25) is 5.02 Å². The summed E-state index contributed by atoms with van der Waals surface area (Å²) < 4.78 is 2.36. The fraction of sp³-hybridized carbons (Fsp3) is 0.289. The van der Waals surface area contributed by atoms with Gasteiger partial charge in [0.2, 0.25) is 5.69 Å². The number of likely N-dealkylation sites (N-methyl/N-ethyl adjacent to an activating group) is 1. The van der Waals surface area contributed by atoms with E-state index in [-0.39, 0.29) is 10.8 Å². The number of nitrogens with zero attached hydrogens (tertiary/aromatic N) is 2. The van der Waals surface area contributed by atoms with E-state index in [0.717, 1.165) is 24.3 Å². The highest BCUT2D eigenvalue weighted by molar-refractivity contribution is 8.03. The van der Waals surface area contributed by atoms with Crippen LogP contribution in [0.25, 0.3) is 0 Å². The highest BCUT2D eigenvalue weighted by Gasteiger charge is 2.42. The molecule has 3 aliphatic rings. The lowest BCUT2D eigenvalue weighted by atomic mass is 9.81. The quantitative estimate of drug-likeness (QED) is 0.272. The molecular weight excluding hydrogens is 552 g/mol. The first kappa shape index (κ1) is 28.8. The molecule has 0 unspecified atom stereocenters. The first-order chi connectivity index (χ1) is 20.1. The molecule has 1 aliphatic carbocycles. The molecule has 0 saturated carbocycles. The molecule has 42 heavy (non-hydrogen) atoms. The second-order valence-corrected chi connectivity index (χ2v) is 14.1. The fourth-order valence-electron chi connectivity index (χ4n) is 6.93. The van der Waals surface area contributed by atoms with Crippen LogP contribution in [0.4, 0.5) is 11.4 Å². The Hall–Kier alpha value is -3.27. The predicted octanol–water partition coefficient (Wildman–Crippen LogP) is 10.4. The van der Waals surface area contributed by atoms with Crippen molar-refractivity contribution < 1.29 is 4.58 Å². The van der Waals surface area contributed by atoms with Crippen molar-refractivity contribution in [3.8, 4) is 0 Å². The number of hydrogen-bond acceptors (Lipinski definition) is 2. The molecule has 214 valence electrons. The number of thioether (sulfide) groups is 1. The maximum absolute atomic E-state index is 6.25. The van der Waals surface area contributed by atoms with Crippen molar-refractivity contribution in [2.45, 2.75) is 62.7 Å². The van der Waals surface area contributed by atoms with Crippen LogP contribution >= 0.6 is 23.4 Å². The number of fused-ring (bicyclic) bond motifs is 2. The molecule has 0 saturated heterocycles. The van der Waals surface area contributed by atoms with E-state index >= 15 is 0 Å². The van der Waals surface area contributed by atoms with Crippen LogP contribution in [0.15, 0.2) is 124 Å². The van der Waals surface area contributed by atoms with Crippen molar-refractivity contribution in [2.24, 2.45) is 0 Å². The standard InChI is InChI=1S/C38H40ClN2S/c1-37(2)30-14-7-9-16-32(30)40(5)34(37)24-18-26-12-11-13-27(36(26)42-29-22-20-28(39)21-23-29)19-25-35-38(3,4)31-15-8-10-17-33(31)41(35)6/h7-10,14-25H,11-13H2,1-6H3/q+1. The highest BCUT2D eigenvalue weighted by Crippen LogP contribution is 2.48. The normalized spacial score (nSPS) is 21.2. The number of para-hydroxylation sites is 2. The monoisotopic (exact) mass is 591 g/mol. The van der Waals surface area contributed by atoms with Crippen molar-refractivity contribution in [1.82, 2.24) is 0 Å². The molecule has 2 heterocycles. The molecule has 6 rings (SSSR count). The van der Waals surface area contributed by atoms with Gasteiger partial charge in [-0.25, -0.2) is 0 Å². The van der Waals surface area contributed by atoms with Gasteiger partial charge in [-0.15, -0.1) is 0 Å². The second-order valence-electron chi connectivity index (χ2n) is 12.6. The van der Waals surface area contributed by atoms with Crippen molar-refractivity contribution in [3.63, 3.8) is 0 Å². The predicted molar refractivity (Wildman–Crippen MR) is 182 cm³/mol. The molecule has 2 nitrogen and oxygen atoms in total. The average Bonchev–Trinajstić information content (AvgIpc) is 3.30. The van der Waals surface area contributed by atoms with E-state index < -0.39 is 0 Å². The summed E-state index contributed by atoms with van der Waals surface area (Å²) in [6.07, 6.45) is 12.8. The largest absolute Gasteiger partial charge is 0.347 e. The number of benzene rings is 3. The Kier molecular flexibility index (Phi) is 7.62. The molecule has 0 amide bonds. The molecule has 0 atom stereocenters. The fourth-order valence-corrected chi connectivity index (χ4v) is 8.17. The maximum Gasteiger partial charge on any atom is 0.209 e. The Labute approximate surface area is 260 Å². The van der Waals surface area contributed by atoms with Crippen LogP contribution in [-0.2, 0) is 10.8 Å². The number of allylic oxidation sites excluding steroid dienone is 7. The molecule has 2 aliphatic heterocycles. The molecule has 0 spiro atoms. The number of rotatable bonds is 5. The van der Waals surface area contributed by atoms with E-state index in [9.17, 15) is 0 Å². The third-order valence-corrected chi connectivity index (χ3v) is 10.8. The minimum Gasteiger partial charge on any atom is -0.347 e. The van der Waals surface area contributed by atoms with Gasteiger partial charge in [-0.2, -0.15) is 4.58 Å². The molecule has 4 heteroatoms. The average molecular weight is 592 g/mol. The zero-order valence-electron chi connectivity index (χ0n) is 25.5. The number of anilines is 1. The van der Waals surface area contributed by atoms with Crippen LogP contribution in [-0.4, -0.2) is 24.4 Å². The molecule has 0 N–H and O–H groups in total. The third-order valence-electron chi connectivity index (χ3n) is 9.27. The SMILES string of the molecule is CN1C(=CC=C2CCCC(C=CC3=[N+](C)c4ccccc4C3(C)C)=C2Sc2ccc(Cl)cc2)C(C)(C)c2ccccc21. The van der Waals surface area contributed by atoms with Crippen molar-refractivity contribution in [3.05, 3.63) is 135 Å². The zero-order valence-corrected chi connectivity index (χ0v) is 27.1. The molecular formula is C38H40ClN2S+. The second kappa shape index (κ2) is 11.1. The van der Waals surface area contributed by atoms with Gasteiger partial charge >= 0.3 is 0 Å². The Morgan fingerprint density at radius 2 is 1.50 bits per heavy atom. The van der Waals surface area contributed by atoms with Crippen LogP contribution in [0.1, 0.15) is 58.1 Å². The zero-order chi connectivity index (χ0) is 29.6. The molecule has 0 bridgehead atoms. The van der Waals surface area contributed by atoms with Crippen LogP contribution in [0.5, 0.6) is 0 Å². The number of halogens is 1. The summed E-state index contributed by atoms with van der Waals surface area (Å²) in [6, 6.07) is 25.8. The number of hydrogen-bond donors (Lipinski definition) is 0. The Balaban J connectivity index is 1.41. The molecule has 0 fully saturated rings. The molecule has 0 aromatic heterocycles. The summed E-state index contributed by atoms with van der Waals surface area (Å²) in [5.41, 5.74) is 10.7. The van der Waals surface area contributed by atoms with E-state index in [0.29, 0.717) is 0 Å². The van der Waals surface area contributed by atoms with Gasteiger partial charge in [0.25, 0.3) is 0 Å². The summed E-state index contributed by atoms with van der Waals surface area (Å²) >= 11 is 8.12. The van der Waals surface area contributed by atoms with E-state index in [1.165, 1.54) is 54.9 Å². The van der Waals surface area contributed by atoms with Crippen molar-refractivity contribution in [1.29, 1.82) is 0 Å². The van der Waals surface area contributed by atoms with Gasteiger partial charge in [-0.1, -0.05) is 85.8 Å². The van der Waals surface area contributed by atoms with E-state index in [1.54, 1.807) is 0 Å². The first-order valence-corrected chi connectivity index (χ1v) is 16.1. The summed E-state index contributed by atoms with van der Waals surface area (Å²) in [7, 11) is 4.39. The van der Waals surface area contributed by atoms with Gasteiger partial charge in [0.05, 0.1) is 5.41 Å².